The molecule has 0 saturated carbocycles. The van der Waals surface area contributed by atoms with Crippen LogP contribution < -0.4 is 4.72 Å². The molecule has 3 rings (SSSR count). The summed E-state index contributed by atoms with van der Waals surface area (Å²) in [6.07, 6.45) is 0. The lowest BCUT2D eigenvalue weighted by Crippen LogP contribution is -2.35. The number of nitro groups is 1. The number of ether oxygens (including phenoxy) is 1. The number of hydrogen-bond donors (Lipinski definition) is 1. The van der Waals surface area contributed by atoms with E-state index in [0.29, 0.717) is 0 Å². The zero-order chi connectivity index (χ0) is 19.3. The molecule has 2 aromatic rings. The molecule has 0 amide bonds. The third-order valence-corrected chi connectivity index (χ3v) is 5.80. The molecule has 2 aromatic carbocycles. The molecule has 0 aliphatic carbocycles. The Kier molecular flexibility index (Phi) is 6.17. The lowest BCUT2D eigenvalue weighted by molar-refractivity contribution is -0.387. The topological polar surface area (TPSA) is 102 Å². The second-order valence-corrected chi connectivity index (χ2v) is 7.99. The largest absolute Gasteiger partial charge is 0.379 e. The maximum Gasteiger partial charge on any atom is 0.289 e. The zero-order valence-corrected chi connectivity index (χ0v) is 15.5. The highest BCUT2D eigenvalue weighted by molar-refractivity contribution is 7.89. The molecule has 8 nitrogen and oxygen atoms in total. The molecule has 0 unspecified atom stereocenters. The van der Waals surface area contributed by atoms with Crippen molar-refractivity contribution >= 4 is 15.7 Å². The van der Waals surface area contributed by atoms with Crippen molar-refractivity contribution in [2.75, 3.05) is 26.3 Å². The SMILES string of the molecule is O=[N+]([O-])c1ccccc1S(=O)(=O)NCc1ccc(CN2CCOCC2)cc1. The molecule has 1 aliphatic heterocycles. The molecule has 0 spiro atoms. The number of hydrogen-bond acceptors (Lipinski definition) is 6. The monoisotopic (exact) mass is 391 g/mol. The Morgan fingerprint density at radius 1 is 1.04 bits per heavy atom. The number of nitro benzene ring substituents is 1. The highest BCUT2D eigenvalue weighted by Gasteiger charge is 2.24. The van der Waals surface area contributed by atoms with Gasteiger partial charge in [0.25, 0.3) is 5.69 Å². The van der Waals surface area contributed by atoms with Crippen LogP contribution >= 0.6 is 0 Å². The van der Waals surface area contributed by atoms with Crippen LogP contribution in [0.3, 0.4) is 0 Å². The Balaban J connectivity index is 1.63. The third kappa shape index (κ3) is 5.10. The fourth-order valence-corrected chi connectivity index (χ4v) is 4.06. The first-order chi connectivity index (χ1) is 13.0. The summed E-state index contributed by atoms with van der Waals surface area (Å²) in [4.78, 5) is 12.3. The molecule has 27 heavy (non-hydrogen) atoms. The van der Waals surface area contributed by atoms with Crippen LogP contribution in [0.4, 0.5) is 5.69 Å². The van der Waals surface area contributed by atoms with E-state index < -0.39 is 20.6 Å². The third-order valence-electron chi connectivity index (χ3n) is 4.35. The predicted molar refractivity (Wildman–Crippen MR) is 99.7 cm³/mol. The molecule has 144 valence electrons. The molecule has 1 fully saturated rings. The second-order valence-electron chi connectivity index (χ2n) is 6.25. The van der Waals surface area contributed by atoms with E-state index in [2.05, 4.69) is 9.62 Å². The Morgan fingerprint density at radius 3 is 2.33 bits per heavy atom. The second kappa shape index (κ2) is 8.57. The normalized spacial score (nSPS) is 15.6. The van der Waals surface area contributed by atoms with Crippen molar-refractivity contribution in [3.05, 3.63) is 69.8 Å². The smallest absolute Gasteiger partial charge is 0.289 e. The Labute approximate surface area is 158 Å². The van der Waals surface area contributed by atoms with Crippen molar-refractivity contribution in [3.8, 4) is 0 Å². The minimum atomic E-state index is -3.98. The quantitative estimate of drug-likeness (QED) is 0.571. The van der Waals surface area contributed by atoms with Crippen LogP contribution in [-0.2, 0) is 27.8 Å². The van der Waals surface area contributed by atoms with Crippen LogP contribution in [0.1, 0.15) is 11.1 Å². The molecule has 0 atom stereocenters. The van der Waals surface area contributed by atoms with Gasteiger partial charge in [-0.2, -0.15) is 0 Å². The summed E-state index contributed by atoms with van der Waals surface area (Å²) >= 11 is 0. The maximum atomic E-state index is 12.4. The van der Waals surface area contributed by atoms with Crippen molar-refractivity contribution in [1.29, 1.82) is 0 Å². The number of nitrogens with zero attached hydrogens (tertiary/aromatic N) is 2. The highest BCUT2D eigenvalue weighted by atomic mass is 32.2. The molecule has 0 aromatic heterocycles. The first-order valence-corrected chi connectivity index (χ1v) is 10.0. The molecule has 0 bridgehead atoms. The van der Waals surface area contributed by atoms with Gasteiger partial charge >= 0.3 is 0 Å². The number of benzene rings is 2. The summed E-state index contributed by atoms with van der Waals surface area (Å²) < 4.78 is 32.6. The van der Waals surface area contributed by atoms with Crippen LogP contribution in [0.15, 0.2) is 53.4 Å². The minimum absolute atomic E-state index is 0.0617. The predicted octanol–water partition coefficient (Wildman–Crippen LogP) is 1.91. The van der Waals surface area contributed by atoms with Gasteiger partial charge in [-0.15, -0.1) is 0 Å². The van der Waals surface area contributed by atoms with Crippen molar-refractivity contribution in [3.63, 3.8) is 0 Å². The lowest BCUT2D eigenvalue weighted by Gasteiger charge is -2.26. The van der Waals surface area contributed by atoms with Crippen molar-refractivity contribution in [2.24, 2.45) is 0 Å². The molecule has 1 heterocycles. The maximum absolute atomic E-state index is 12.4. The Morgan fingerprint density at radius 2 is 1.67 bits per heavy atom. The number of rotatable bonds is 7. The van der Waals surface area contributed by atoms with Crippen molar-refractivity contribution in [2.45, 2.75) is 18.0 Å². The summed E-state index contributed by atoms with van der Waals surface area (Å²) in [6.45, 7) is 4.17. The van der Waals surface area contributed by atoms with Gasteiger partial charge in [0.1, 0.15) is 0 Å². The van der Waals surface area contributed by atoms with Gasteiger partial charge in [0, 0.05) is 32.2 Å². The Bertz CT molecular complexity index is 893. The van der Waals surface area contributed by atoms with Crippen molar-refractivity contribution < 1.29 is 18.1 Å². The number of para-hydroxylation sites is 1. The van der Waals surface area contributed by atoms with Gasteiger partial charge in [-0.25, -0.2) is 13.1 Å². The van der Waals surface area contributed by atoms with E-state index >= 15 is 0 Å². The van der Waals surface area contributed by atoms with Gasteiger partial charge in [0.2, 0.25) is 10.0 Å². The first-order valence-electron chi connectivity index (χ1n) is 8.57. The minimum Gasteiger partial charge on any atom is -0.379 e. The number of nitrogens with one attached hydrogen (secondary N) is 1. The molecular weight excluding hydrogens is 370 g/mol. The summed E-state index contributed by atoms with van der Waals surface area (Å²) in [5.74, 6) is 0. The zero-order valence-electron chi connectivity index (χ0n) is 14.7. The summed E-state index contributed by atoms with van der Waals surface area (Å²) in [7, 11) is -3.98. The first kappa shape index (κ1) is 19.4. The highest BCUT2D eigenvalue weighted by Crippen LogP contribution is 2.22. The van der Waals surface area contributed by atoms with Crippen LogP contribution in [0, 0.1) is 10.1 Å². The fraction of sp³-hybridized carbons (Fsp3) is 0.333. The fourth-order valence-electron chi connectivity index (χ4n) is 2.87. The lowest BCUT2D eigenvalue weighted by atomic mass is 10.1. The Hall–Kier alpha value is -2.33. The number of sulfonamides is 1. The average molecular weight is 391 g/mol. The van der Waals surface area contributed by atoms with Gasteiger partial charge in [-0.05, 0) is 17.2 Å². The molecule has 1 N–H and O–H groups in total. The van der Waals surface area contributed by atoms with E-state index in [9.17, 15) is 18.5 Å². The van der Waals surface area contributed by atoms with E-state index in [-0.39, 0.29) is 11.4 Å². The summed E-state index contributed by atoms with van der Waals surface area (Å²) in [6, 6.07) is 12.9. The summed E-state index contributed by atoms with van der Waals surface area (Å²) in [5.41, 5.74) is 1.48. The molecule has 0 radical (unpaired) electrons. The molecular formula is C18H21N3O5S. The van der Waals surface area contributed by atoms with Crippen LogP contribution in [-0.4, -0.2) is 44.5 Å². The average Bonchev–Trinajstić information content (AvgIpc) is 2.68. The van der Waals surface area contributed by atoms with E-state index in [1.165, 1.54) is 24.3 Å². The van der Waals surface area contributed by atoms with Gasteiger partial charge in [-0.1, -0.05) is 36.4 Å². The number of morpholine rings is 1. The molecule has 9 heteroatoms. The van der Waals surface area contributed by atoms with E-state index in [4.69, 9.17) is 4.74 Å². The van der Waals surface area contributed by atoms with Gasteiger partial charge in [-0.3, -0.25) is 15.0 Å². The standard InChI is InChI=1S/C18H21N3O5S/c22-21(23)17-3-1-2-4-18(17)27(24,25)19-13-15-5-7-16(8-6-15)14-20-9-11-26-12-10-20/h1-8,19H,9-14H2. The molecule has 1 aliphatic rings. The van der Waals surface area contributed by atoms with Crippen LogP contribution in [0.25, 0.3) is 0 Å². The van der Waals surface area contributed by atoms with Crippen LogP contribution in [0.5, 0.6) is 0 Å². The van der Waals surface area contributed by atoms with Gasteiger partial charge in [0.15, 0.2) is 4.90 Å². The van der Waals surface area contributed by atoms with E-state index in [1.54, 1.807) is 0 Å². The van der Waals surface area contributed by atoms with Gasteiger partial charge < -0.3 is 4.74 Å². The van der Waals surface area contributed by atoms with E-state index in [0.717, 1.165) is 44.0 Å². The molecule has 1 saturated heterocycles. The van der Waals surface area contributed by atoms with Crippen LogP contribution in [0.2, 0.25) is 0 Å². The van der Waals surface area contributed by atoms with Crippen molar-refractivity contribution in [1.82, 2.24) is 9.62 Å². The van der Waals surface area contributed by atoms with E-state index in [1.807, 2.05) is 24.3 Å². The summed E-state index contributed by atoms with van der Waals surface area (Å²) in [5, 5.41) is 11.0. The van der Waals surface area contributed by atoms with Gasteiger partial charge in [0.05, 0.1) is 18.1 Å².